The molecule has 2 aromatic carbocycles. The lowest BCUT2D eigenvalue weighted by Crippen LogP contribution is -2.84. The Morgan fingerprint density at radius 2 is 1.75 bits per heavy atom. The van der Waals surface area contributed by atoms with Gasteiger partial charge in [-0.2, -0.15) is 0 Å². The highest BCUT2D eigenvalue weighted by Gasteiger charge is 2.24. The van der Waals surface area contributed by atoms with Gasteiger partial charge in [0.1, 0.15) is 29.8 Å². The fraction of sp³-hybridized carbons (Fsp3) is 0.368. The third kappa shape index (κ3) is 3.47. The molecule has 5 heteroatoms. The zero-order valence-corrected chi connectivity index (χ0v) is 15.2. The highest BCUT2D eigenvalue weighted by molar-refractivity contribution is 7.99. The van der Waals surface area contributed by atoms with Gasteiger partial charge in [-0.15, -0.1) is 11.8 Å². The Bertz CT molecular complexity index is 680. The summed E-state index contributed by atoms with van der Waals surface area (Å²) < 4.78 is 16.4. The Kier molecular flexibility index (Phi) is 5.53. The van der Waals surface area contributed by atoms with Crippen molar-refractivity contribution >= 4 is 11.8 Å². The van der Waals surface area contributed by atoms with Crippen LogP contribution in [0.4, 0.5) is 0 Å². The quantitative estimate of drug-likeness (QED) is 0.873. The molecule has 3 rings (SSSR count). The van der Waals surface area contributed by atoms with Gasteiger partial charge in [0, 0.05) is 34.8 Å². The van der Waals surface area contributed by atoms with E-state index in [1.165, 1.54) is 16.9 Å². The standard InChI is InChI=1S/C19H23NO3S/c1-21-13-10-17(22-2)15(18(11-13)23-3)12-20-16-8-9-24-19-7-5-4-6-14(16)19/h4-7,10-11,16,20H,8-9,12H2,1-3H3/p+1/t16-/m0/s1. The van der Waals surface area contributed by atoms with Crippen LogP contribution in [0.3, 0.4) is 0 Å². The summed E-state index contributed by atoms with van der Waals surface area (Å²) in [5, 5.41) is 2.38. The lowest BCUT2D eigenvalue weighted by Gasteiger charge is -2.24. The molecule has 0 bridgehead atoms. The van der Waals surface area contributed by atoms with Gasteiger partial charge < -0.3 is 19.5 Å². The highest BCUT2D eigenvalue weighted by atomic mass is 32.2. The largest absolute Gasteiger partial charge is 0.496 e. The van der Waals surface area contributed by atoms with Crippen LogP contribution in [0.1, 0.15) is 23.6 Å². The summed E-state index contributed by atoms with van der Waals surface area (Å²) in [6, 6.07) is 13.0. The molecule has 0 aliphatic carbocycles. The Hall–Kier alpha value is -1.85. The molecule has 4 nitrogen and oxygen atoms in total. The van der Waals surface area contributed by atoms with E-state index < -0.39 is 0 Å². The maximum atomic E-state index is 5.56. The van der Waals surface area contributed by atoms with E-state index >= 15 is 0 Å². The number of fused-ring (bicyclic) bond motifs is 1. The van der Waals surface area contributed by atoms with Crippen LogP contribution in [-0.4, -0.2) is 27.1 Å². The number of methoxy groups -OCH3 is 3. The minimum absolute atomic E-state index is 0.471. The first kappa shape index (κ1) is 17.0. The molecule has 1 heterocycles. The molecule has 0 aromatic heterocycles. The van der Waals surface area contributed by atoms with Gasteiger partial charge in [0.2, 0.25) is 0 Å². The van der Waals surface area contributed by atoms with Gasteiger partial charge in [0.05, 0.1) is 26.9 Å². The molecule has 0 saturated carbocycles. The third-order valence-electron chi connectivity index (χ3n) is 4.43. The van der Waals surface area contributed by atoms with Gasteiger partial charge >= 0.3 is 0 Å². The second-order valence-electron chi connectivity index (χ2n) is 5.73. The summed E-state index contributed by atoms with van der Waals surface area (Å²) >= 11 is 1.95. The lowest BCUT2D eigenvalue weighted by molar-refractivity contribution is -0.711. The summed E-state index contributed by atoms with van der Waals surface area (Å²) in [4.78, 5) is 1.40. The maximum absolute atomic E-state index is 5.56. The average molecular weight is 346 g/mol. The van der Waals surface area contributed by atoms with Crippen molar-refractivity contribution in [2.24, 2.45) is 0 Å². The van der Waals surface area contributed by atoms with Crippen LogP contribution < -0.4 is 19.5 Å². The topological polar surface area (TPSA) is 44.3 Å². The van der Waals surface area contributed by atoms with Crippen molar-refractivity contribution in [3.05, 3.63) is 47.5 Å². The molecule has 24 heavy (non-hydrogen) atoms. The zero-order valence-electron chi connectivity index (χ0n) is 14.4. The normalized spacial score (nSPS) is 16.4. The fourth-order valence-corrected chi connectivity index (χ4v) is 4.31. The van der Waals surface area contributed by atoms with Gasteiger partial charge in [-0.25, -0.2) is 0 Å². The van der Waals surface area contributed by atoms with Crippen LogP contribution in [0.25, 0.3) is 0 Å². The third-order valence-corrected chi connectivity index (χ3v) is 5.55. The van der Waals surface area contributed by atoms with E-state index in [1.54, 1.807) is 21.3 Å². The molecule has 2 aromatic rings. The van der Waals surface area contributed by atoms with Crippen molar-refractivity contribution in [2.75, 3.05) is 27.1 Å². The van der Waals surface area contributed by atoms with Crippen molar-refractivity contribution in [2.45, 2.75) is 23.9 Å². The molecule has 0 amide bonds. The van der Waals surface area contributed by atoms with E-state index in [-0.39, 0.29) is 0 Å². The minimum atomic E-state index is 0.471. The first-order valence-electron chi connectivity index (χ1n) is 8.10. The van der Waals surface area contributed by atoms with Crippen molar-refractivity contribution in [3.63, 3.8) is 0 Å². The van der Waals surface area contributed by atoms with Crippen LogP contribution in [-0.2, 0) is 6.54 Å². The molecular weight excluding hydrogens is 322 g/mol. The number of thioether (sulfide) groups is 1. The Morgan fingerprint density at radius 3 is 2.42 bits per heavy atom. The van der Waals surface area contributed by atoms with E-state index in [1.807, 2.05) is 23.9 Å². The first-order chi connectivity index (χ1) is 11.8. The van der Waals surface area contributed by atoms with Crippen LogP contribution in [0.2, 0.25) is 0 Å². The number of benzene rings is 2. The molecule has 1 aliphatic rings. The maximum Gasteiger partial charge on any atom is 0.135 e. The minimum Gasteiger partial charge on any atom is -0.496 e. The summed E-state index contributed by atoms with van der Waals surface area (Å²) in [6.07, 6.45) is 1.17. The number of hydrogen-bond acceptors (Lipinski definition) is 4. The average Bonchev–Trinajstić information content (AvgIpc) is 2.65. The van der Waals surface area contributed by atoms with Gasteiger partial charge in [-0.1, -0.05) is 18.2 Å². The second kappa shape index (κ2) is 7.81. The molecule has 1 atom stereocenters. The van der Waals surface area contributed by atoms with Crippen molar-refractivity contribution in [1.82, 2.24) is 0 Å². The van der Waals surface area contributed by atoms with Crippen molar-refractivity contribution < 1.29 is 19.5 Å². The monoisotopic (exact) mass is 346 g/mol. The molecule has 1 aliphatic heterocycles. The molecule has 0 radical (unpaired) electrons. The summed E-state index contributed by atoms with van der Waals surface area (Å²) in [5.74, 6) is 3.52. The van der Waals surface area contributed by atoms with Gasteiger partial charge in [-0.3, -0.25) is 0 Å². The fourth-order valence-electron chi connectivity index (χ4n) is 3.15. The van der Waals surface area contributed by atoms with Gasteiger partial charge in [0.15, 0.2) is 0 Å². The summed E-state index contributed by atoms with van der Waals surface area (Å²) in [5.41, 5.74) is 2.50. The van der Waals surface area contributed by atoms with E-state index in [2.05, 4.69) is 29.6 Å². The molecule has 0 fully saturated rings. The number of quaternary nitrogens is 1. The van der Waals surface area contributed by atoms with Gasteiger partial charge in [-0.05, 0) is 6.07 Å². The second-order valence-corrected chi connectivity index (χ2v) is 6.87. The van der Waals surface area contributed by atoms with E-state index in [0.717, 1.165) is 35.1 Å². The Morgan fingerprint density at radius 1 is 1.04 bits per heavy atom. The predicted octanol–water partition coefficient (Wildman–Crippen LogP) is 3.01. The van der Waals surface area contributed by atoms with Crippen LogP contribution >= 0.6 is 11.8 Å². The Labute approximate surface area is 147 Å². The van der Waals surface area contributed by atoms with Crippen LogP contribution in [0.5, 0.6) is 17.2 Å². The lowest BCUT2D eigenvalue weighted by atomic mass is 10.0. The van der Waals surface area contributed by atoms with Crippen molar-refractivity contribution in [3.8, 4) is 17.2 Å². The SMILES string of the molecule is COc1cc(OC)c(C[NH2+][C@H]2CCSc3ccccc32)c(OC)c1. The zero-order chi connectivity index (χ0) is 16.9. The highest BCUT2D eigenvalue weighted by Crippen LogP contribution is 2.35. The first-order valence-corrected chi connectivity index (χ1v) is 9.09. The predicted molar refractivity (Wildman–Crippen MR) is 96.3 cm³/mol. The number of ether oxygens (including phenoxy) is 3. The number of hydrogen-bond donors (Lipinski definition) is 1. The Balaban J connectivity index is 1.82. The summed E-state index contributed by atoms with van der Waals surface area (Å²) in [6.45, 7) is 0.806. The van der Waals surface area contributed by atoms with Gasteiger partial charge in [0.25, 0.3) is 0 Å². The molecule has 0 saturated heterocycles. The molecule has 2 N–H and O–H groups in total. The van der Waals surface area contributed by atoms with E-state index in [4.69, 9.17) is 14.2 Å². The van der Waals surface area contributed by atoms with Crippen LogP contribution in [0, 0.1) is 0 Å². The number of nitrogens with two attached hydrogens (primary N) is 1. The molecular formula is C19H24NO3S+. The smallest absolute Gasteiger partial charge is 0.135 e. The molecule has 0 unspecified atom stereocenters. The van der Waals surface area contributed by atoms with E-state index in [0.29, 0.717) is 6.04 Å². The van der Waals surface area contributed by atoms with Crippen molar-refractivity contribution in [1.29, 1.82) is 0 Å². The number of rotatable bonds is 6. The molecule has 128 valence electrons. The molecule has 0 spiro atoms. The van der Waals surface area contributed by atoms with E-state index in [9.17, 15) is 0 Å². The van der Waals surface area contributed by atoms with Crippen LogP contribution in [0.15, 0.2) is 41.3 Å². The summed E-state index contributed by atoms with van der Waals surface area (Å²) in [7, 11) is 5.02.